The molecular weight excluding hydrogens is 290 g/mol. The van der Waals surface area contributed by atoms with Crippen LogP contribution in [0.5, 0.6) is 0 Å². The molecule has 2 aliphatic rings. The monoisotopic (exact) mass is 305 g/mol. The van der Waals surface area contributed by atoms with E-state index in [1.165, 1.54) is 0 Å². The van der Waals surface area contributed by atoms with Crippen LogP contribution < -0.4 is 0 Å². The van der Waals surface area contributed by atoms with Crippen LogP contribution in [0.4, 0.5) is 0 Å². The van der Waals surface area contributed by atoms with E-state index in [4.69, 9.17) is 14.2 Å². The van der Waals surface area contributed by atoms with E-state index in [0.29, 0.717) is 0 Å². The van der Waals surface area contributed by atoms with Gasteiger partial charge in [0.2, 0.25) is 11.9 Å². The lowest BCUT2D eigenvalue weighted by Crippen LogP contribution is -2.49. The van der Waals surface area contributed by atoms with Crippen molar-refractivity contribution in [3.05, 3.63) is 36.0 Å². The first-order valence-electron chi connectivity index (χ1n) is 7.01. The Kier molecular flexibility index (Phi) is 2.98. The van der Waals surface area contributed by atoms with E-state index < -0.39 is 30.1 Å². The highest BCUT2D eigenvalue weighted by molar-refractivity contribution is 5.83. The standard InChI is InChI=1S/C15H15NO6/c17-11-7-21-15(12(18)14(19)22-13(11)15)20-6-8-5-16-10-4-2-1-3-9(8)10/h1-5,11-13,16-18H,6-7H2. The van der Waals surface area contributed by atoms with Gasteiger partial charge in [-0.2, -0.15) is 0 Å². The number of carbonyl (C=O) groups is 1. The average molecular weight is 305 g/mol. The number of fused-ring (bicyclic) bond motifs is 2. The van der Waals surface area contributed by atoms with E-state index in [1.54, 1.807) is 6.20 Å². The molecule has 0 saturated carbocycles. The van der Waals surface area contributed by atoms with E-state index in [9.17, 15) is 15.0 Å². The van der Waals surface area contributed by atoms with E-state index in [1.807, 2.05) is 24.3 Å². The average Bonchev–Trinajstić information content (AvgIpc) is 3.15. The minimum Gasteiger partial charge on any atom is -0.452 e. The van der Waals surface area contributed by atoms with Crippen molar-refractivity contribution in [3.8, 4) is 0 Å². The summed E-state index contributed by atoms with van der Waals surface area (Å²) in [5.74, 6) is -2.49. The Hall–Kier alpha value is -1.93. The minimum absolute atomic E-state index is 0.0527. The molecule has 2 fully saturated rings. The Bertz CT molecular complexity index is 728. The summed E-state index contributed by atoms with van der Waals surface area (Å²) in [6.45, 7) is 0.0593. The van der Waals surface area contributed by atoms with Crippen LogP contribution in [0.2, 0.25) is 0 Å². The molecule has 3 heterocycles. The molecule has 0 aliphatic carbocycles. The summed E-state index contributed by atoms with van der Waals surface area (Å²) >= 11 is 0. The number of H-pyrrole nitrogens is 1. The molecule has 7 nitrogen and oxygen atoms in total. The van der Waals surface area contributed by atoms with Crippen molar-refractivity contribution in [2.45, 2.75) is 30.7 Å². The Balaban J connectivity index is 1.61. The molecule has 2 saturated heterocycles. The number of aromatic nitrogens is 1. The molecule has 3 N–H and O–H groups in total. The number of esters is 1. The van der Waals surface area contributed by atoms with E-state index >= 15 is 0 Å². The first-order valence-corrected chi connectivity index (χ1v) is 7.01. The van der Waals surface area contributed by atoms with Crippen molar-refractivity contribution in [2.24, 2.45) is 0 Å². The number of aliphatic hydroxyl groups is 2. The quantitative estimate of drug-likeness (QED) is 0.693. The molecule has 1 aromatic carbocycles. The summed E-state index contributed by atoms with van der Waals surface area (Å²) in [6.07, 6.45) is -1.80. The molecule has 0 amide bonds. The fraction of sp³-hybridized carbons (Fsp3) is 0.400. The second kappa shape index (κ2) is 4.79. The molecule has 4 unspecified atom stereocenters. The van der Waals surface area contributed by atoms with Crippen LogP contribution in [-0.4, -0.2) is 51.9 Å². The zero-order valence-electron chi connectivity index (χ0n) is 11.6. The van der Waals surface area contributed by atoms with Gasteiger partial charge >= 0.3 is 5.97 Å². The molecule has 0 bridgehead atoms. The number of benzene rings is 1. The number of ether oxygens (including phenoxy) is 3. The predicted octanol–water partition coefficient (Wildman–Crippen LogP) is 0.0582. The molecule has 4 atom stereocenters. The van der Waals surface area contributed by atoms with Gasteiger partial charge in [-0.05, 0) is 6.07 Å². The molecule has 22 heavy (non-hydrogen) atoms. The molecule has 2 aliphatic heterocycles. The van der Waals surface area contributed by atoms with Crippen molar-refractivity contribution < 1.29 is 29.2 Å². The molecule has 116 valence electrons. The van der Waals surface area contributed by atoms with Gasteiger partial charge in [0.1, 0.15) is 6.10 Å². The van der Waals surface area contributed by atoms with Gasteiger partial charge in [0, 0.05) is 22.7 Å². The third-order valence-electron chi connectivity index (χ3n) is 4.20. The smallest absolute Gasteiger partial charge is 0.341 e. The summed E-state index contributed by atoms with van der Waals surface area (Å²) in [5.41, 5.74) is 1.82. The van der Waals surface area contributed by atoms with Crippen LogP contribution in [0.25, 0.3) is 10.9 Å². The van der Waals surface area contributed by atoms with Gasteiger partial charge in [-0.25, -0.2) is 4.79 Å². The van der Waals surface area contributed by atoms with Gasteiger partial charge in [0.25, 0.3) is 0 Å². The number of carbonyl (C=O) groups excluding carboxylic acids is 1. The number of hydrogen-bond donors (Lipinski definition) is 3. The second-order valence-corrected chi connectivity index (χ2v) is 5.51. The van der Waals surface area contributed by atoms with Crippen LogP contribution in [0.1, 0.15) is 5.56 Å². The fourth-order valence-corrected chi connectivity index (χ4v) is 3.05. The van der Waals surface area contributed by atoms with Gasteiger partial charge < -0.3 is 29.4 Å². The molecule has 0 spiro atoms. The lowest BCUT2D eigenvalue weighted by molar-refractivity contribution is -0.261. The maximum atomic E-state index is 11.6. The number of aromatic amines is 1. The molecule has 0 radical (unpaired) electrons. The molecule has 7 heteroatoms. The van der Waals surface area contributed by atoms with Gasteiger partial charge in [-0.1, -0.05) is 18.2 Å². The highest BCUT2D eigenvalue weighted by Gasteiger charge is 2.66. The molecule has 1 aromatic heterocycles. The van der Waals surface area contributed by atoms with E-state index in [2.05, 4.69) is 4.98 Å². The number of rotatable bonds is 3. The SMILES string of the molecule is O=C1OC2C(O)COC2(OCc2c[nH]c3ccccc23)C1O. The lowest BCUT2D eigenvalue weighted by Gasteiger charge is -2.28. The Labute approximate surface area is 125 Å². The van der Waals surface area contributed by atoms with Gasteiger partial charge in [-0.15, -0.1) is 0 Å². The Morgan fingerprint density at radius 1 is 1.36 bits per heavy atom. The number of aliphatic hydroxyl groups excluding tert-OH is 2. The third-order valence-corrected chi connectivity index (χ3v) is 4.20. The maximum Gasteiger partial charge on any atom is 0.341 e. The Morgan fingerprint density at radius 3 is 3.05 bits per heavy atom. The zero-order chi connectivity index (χ0) is 15.3. The topological polar surface area (TPSA) is 101 Å². The van der Waals surface area contributed by atoms with Crippen molar-refractivity contribution in [1.82, 2.24) is 4.98 Å². The van der Waals surface area contributed by atoms with Crippen LogP contribution >= 0.6 is 0 Å². The van der Waals surface area contributed by atoms with Crippen molar-refractivity contribution in [3.63, 3.8) is 0 Å². The number of hydrogen-bond acceptors (Lipinski definition) is 6. The normalized spacial score (nSPS) is 34.1. The summed E-state index contributed by atoms with van der Waals surface area (Å²) in [5, 5.41) is 20.8. The van der Waals surface area contributed by atoms with Gasteiger partial charge in [0.15, 0.2) is 6.10 Å². The maximum absolute atomic E-state index is 11.6. The van der Waals surface area contributed by atoms with Crippen molar-refractivity contribution in [2.75, 3.05) is 6.61 Å². The highest BCUT2D eigenvalue weighted by Crippen LogP contribution is 2.40. The lowest BCUT2D eigenvalue weighted by atomic mass is 10.1. The number of para-hydroxylation sites is 1. The first kappa shape index (κ1) is 13.7. The number of nitrogens with one attached hydrogen (secondary N) is 1. The minimum atomic E-state index is -1.64. The van der Waals surface area contributed by atoms with Crippen molar-refractivity contribution >= 4 is 16.9 Å². The highest BCUT2D eigenvalue weighted by atomic mass is 16.8. The van der Waals surface area contributed by atoms with Crippen LogP contribution in [0, 0.1) is 0 Å². The van der Waals surface area contributed by atoms with Crippen LogP contribution in [0.15, 0.2) is 30.5 Å². The molecule has 4 rings (SSSR count). The molecular formula is C15H15NO6. The summed E-state index contributed by atoms with van der Waals surface area (Å²) < 4.78 is 16.1. The predicted molar refractivity (Wildman–Crippen MR) is 73.7 cm³/mol. The second-order valence-electron chi connectivity index (χ2n) is 5.51. The largest absolute Gasteiger partial charge is 0.452 e. The fourth-order valence-electron chi connectivity index (χ4n) is 3.05. The first-order chi connectivity index (χ1) is 10.6. The van der Waals surface area contributed by atoms with Gasteiger partial charge in [0.05, 0.1) is 13.2 Å². The van der Waals surface area contributed by atoms with Crippen LogP contribution in [0.3, 0.4) is 0 Å². The zero-order valence-corrected chi connectivity index (χ0v) is 11.6. The van der Waals surface area contributed by atoms with Gasteiger partial charge in [-0.3, -0.25) is 0 Å². The summed E-state index contributed by atoms with van der Waals surface area (Å²) in [4.78, 5) is 14.7. The summed E-state index contributed by atoms with van der Waals surface area (Å²) in [7, 11) is 0. The van der Waals surface area contributed by atoms with Crippen molar-refractivity contribution in [1.29, 1.82) is 0 Å². The third kappa shape index (κ3) is 1.80. The van der Waals surface area contributed by atoms with E-state index in [0.717, 1.165) is 16.5 Å². The van der Waals surface area contributed by atoms with Crippen LogP contribution in [-0.2, 0) is 25.6 Å². The Morgan fingerprint density at radius 2 is 2.18 bits per heavy atom. The summed E-state index contributed by atoms with van der Waals surface area (Å²) in [6, 6.07) is 7.71. The molecule has 2 aromatic rings. The van der Waals surface area contributed by atoms with E-state index in [-0.39, 0.29) is 13.2 Å².